The van der Waals surface area contributed by atoms with E-state index in [4.69, 9.17) is 0 Å². The van der Waals surface area contributed by atoms with Gasteiger partial charge in [-0.05, 0) is 26.0 Å². The number of hydrogen-bond acceptors (Lipinski definition) is 4. The van der Waals surface area contributed by atoms with Gasteiger partial charge in [0.25, 0.3) is 0 Å². The molecule has 1 aromatic heterocycles. The van der Waals surface area contributed by atoms with E-state index < -0.39 is 6.09 Å². The minimum Gasteiger partial charge on any atom is -0.449 e. The minimum atomic E-state index is -0.550. The number of ether oxygens (including phenoxy) is 1. The van der Waals surface area contributed by atoms with Gasteiger partial charge in [0.1, 0.15) is 0 Å². The Labute approximate surface area is 88.2 Å². The molecule has 0 aliphatic rings. The van der Waals surface area contributed by atoms with Crippen molar-refractivity contribution in [3.8, 4) is 0 Å². The number of carbonyl (C=O) groups excluding carboxylic acids is 1. The van der Waals surface area contributed by atoms with E-state index in [1.165, 1.54) is 0 Å². The zero-order valence-electron chi connectivity index (χ0n) is 8.73. The summed E-state index contributed by atoms with van der Waals surface area (Å²) in [4.78, 5) is 14.8. The molecule has 0 spiro atoms. The first-order valence-electron chi connectivity index (χ1n) is 4.61. The number of pyridine rings is 1. The third-order valence-corrected chi connectivity index (χ3v) is 1.69. The molecular formula is C10H13N3O2. The topological polar surface area (TPSA) is 63.6 Å². The van der Waals surface area contributed by atoms with Crippen LogP contribution in [0.5, 0.6) is 0 Å². The van der Waals surface area contributed by atoms with Gasteiger partial charge in [0.15, 0.2) is 0 Å². The van der Waals surface area contributed by atoms with E-state index in [9.17, 15) is 4.79 Å². The molecule has 5 heteroatoms. The van der Waals surface area contributed by atoms with Crippen molar-refractivity contribution in [1.29, 1.82) is 0 Å². The fourth-order valence-electron chi connectivity index (χ4n) is 0.951. The van der Waals surface area contributed by atoms with Crippen LogP contribution in [0.1, 0.15) is 19.4 Å². The van der Waals surface area contributed by atoms with Crippen LogP contribution in [0.2, 0.25) is 0 Å². The van der Waals surface area contributed by atoms with E-state index in [1.807, 2.05) is 12.1 Å². The van der Waals surface area contributed by atoms with Crippen LogP contribution in [0, 0.1) is 0 Å². The Morgan fingerprint density at radius 3 is 2.80 bits per heavy atom. The molecule has 0 aliphatic heterocycles. The maximum atomic E-state index is 10.9. The van der Waals surface area contributed by atoms with Crippen LogP contribution >= 0.6 is 0 Å². The lowest BCUT2D eigenvalue weighted by Crippen LogP contribution is -2.20. The number of rotatable bonds is 3. The quantitative estimate of drug-likeness (QED) is 0.604. The van der Waals surface area contributed by atoms with Gasteiger partial charge in [-0.2, -0.15) is 5.10 Å². The van der Waals surface area contributed by atoms with Gasteiger partial charge >= 0.3 is 6.09 Å². The third-order valence-electron chi connectivity index (χ3n) is 1.69. The molecule has 5 nitrogen and oxygen atoms in total. The molecule has 80 valence electrons. The standard InChI is InChI=1S/C10H13N3O2/c1-3-15-10(14)13-12-8(2)9-4-6-11-7-5-9/h4-7H,3H2,1-2H3,(H,13,14)/b12-8+. The molecule has 0 saturated heterocycles. The summed E-state index contributed by atoms with van der Waals surface area (Å²) >= 11 is 0. The Balaban J connectivity index is 2.57. The fourth-order valence-corrected chi connectivity index (χ4v) is 0.951. The molecule has 1 amide bonds. The number of aromatic nitrogens is 1. The first kappa shape index (κ1) is 11.2. The van der Waals surface area contributed by atoms with Gasteiger partial charge in [-0.25, -0.2) is 10.2 Å². The molecule has 1 N–H and O–H groups in total. The van der Waals surface area contributed by atoms with Gasteiger partial charge in [-0.3, -0.25) is 4.98 Å². The highest BCUT2D eigenvalue weighted by Gasteiger charge is 1.99. The Kier molecular flexibility index (Phi) is 4.28. The van der Waals surface area contributed by atoms with E-state index in [1.54, 1.807) is 26.2 Å². The first-order chi connectivity index (χ1) is 7.24. The van der Waals surface area contributed by atoms with Gasteiger partial charge in [0.2, 0.25) is 0 Å². The molecule has 0 bridgehead atoms. The summed E-state index contributed by atoms with van der Waals surface area (Å²) in [6.07, 6.45) is 2.78. The molecule has 0 aliphatic carbocycles. The lowest BCUT2D eigenvalue weighted by Gasteiger charge is -2.02. The predicted molar refractivity (Wildman–Crippen MR) is 56.6 cm³/mol. The maximum Gasteiger partial charge on any atom is 0.427 e. The van der Waals surface area contributed by atoms with Crippen LogP contribution in [-0.2, 0) is 4.74 Å². The number of nitrogens with one attached hydrogen (secondary N) is 1. The van der Waals surface area contributed by atoms with Gasteiger partial charge in [0, 0.05) is 18.0 Å². The molecule has 0 atom stereocenters. The predicted octanol–water partition coefficient (Wildman–Crippen LogP) is 1.55. The van der Waals surface area contributed by atoms with Crippen molar-refractivity contribution in [2.75, 3.05) is 6.61 Å². The van der Waals surface area contributed by atoms with Crippen molar-refractivity contribution in [3.63, 3.8) is 0 Å². The SMILES string of the molecule is CCOC(=O)N/N=C(\C)c1ccncc1. The van der Waals surface area contributed by atoms with Crippen LogP contribution in [0.25, 0.3) is 0 Å². The summed E-state index contributed by atoms with van der Waals surface area (Å²) in [7, 11) is 0. The highest BCUT2D eigenvalue weighted by Crippen LogP contribution is 1.97. The summed E-state index contributed by atoms with van der Waals surface area (Å²) in [5.41, 5.74) is 3.89. The maximum absolute atomic E-state index is 10.9. The Hall–Kier alpha value is -1.91. The monoisotopic (exact) mass is 207 g/mol. The van der Waals surface area contributed by atoms with Crippen molar-refractivity contribution >= 4 is 11.8 Å². The normalized spacial score (nSPS) is 10.9. The van der Waals surface area contributed by atoms with Gasteiger partial charge in [0.05, 0.1) is 12.3 Å². The second-order valence-corrected chi connectivity index (χ2v) is 2.77. The molecule has 1 rings (SSSR count). The van der Waals surface area contributed by atoms with Crippen LogP contribution < -0.4 is 5.43 Å². The average Bonchev–Trinajstić information content (AvgIpc) is 2.27. The molecule has 0 fully saturated rings. The van der Waals surface area contributed by atoms with E-state index in [0.29, 0.717) is 12.3 Å². The molecule has 15 heavy (non-hydrogen) atoms. The summed E-state index contributed by atoms with van der Waals surface area (Å²) < 4.78 is 4.66. The number of amides is 1. The molecule has 0 saturated carbocycles. The van der Waals surface area contributed by atoms with Crippen molar-refractivity contribution in [1.82, 2.24) is 10.4 Å². The summed E-state index contributed by atoms with van der Waals surface area (Å²) in [5, 5.41) is 3.88. The van der Waals surface area contributed by atoms with Crippen molar-refractivity contribution in [2.45, 2.75) is 13.8 Å². The van der Waals surface area contributed by atoms with E-state index in [-0.39, 0.29) is 0 Å². The molecule has 0 radical (unpaired) electrons. The Morgan fingerprint density at radius 2 is 2.20 bits per heavy atom. The van der Waals surface area contributed by atoms with Crippen LogP contribution in [-0.4, -0.2) is 23.4 Å². The Bertz CT molecular complexity index is 349. The molecule has 0 aromatic carbocycles. The first-order valence-corrected chi connectivity index (χ1v) is 4.61. The summed E-state index contributed by atoms with van der Waals surface area (Å²) in [5.74, 6) is 0. The number of hydrazone groups is 1. The highest BCUT2D eigenvalue weighted by molar-refractivity contribution is 5.98. The third kappa shape index (κ3) is 3.76. The molecular weight excluding hydrogens is 194 g/mol. The second-order valence-electron chi connectivity index (χ2n) is 2.77. The number of carbonyl (C=O) groups is 1. The van der Waals surface area contributed by atoms with Crippen molar-refractivity contribution in [2.24, 2.45) is 5.10 Å². The number of nitrogens with zero attached hydrogens (tertiary/aromatic N) is 2. The average molecular weight is 207 g/mol. The summed E-state index contributed by atoms with van der Waals surface area (Å²) in [6.45, 7) is 3.86. The van der Waals surface area contributed by atoms with E-state index >= 15 is 0 Å². The van der Waals surface area contributed by atoms with E-state index in [0.717, 1.165) is 5.56 Å². The van der Waals surface area contributed by atoms with Crippen LogP contribution in [0.3, 0.4) is 0 Å². The highest BCUT2D eigenvalue weighted by atomic mass is 16.5. The minimum absolute atomic E-state index is 0.329. The van der Waals surface area contributed by atoms with Crippen LogP contribution in [0.4, 0.5) is 4.79 Å². The molecule has 1 heterocycles. The lowest BCUT2D eigenvalue weighted by atomic mass is 10.2. The lowest BCUT2D eigenvalue weighted by molar-refractivity contribution is 0.152. The van der Waals surface area contributed by atoms with Gasteiger partial charge < -0.3 is 4.74 Å². The van der Waals surface area contributed by atoms with Crippen LogP contribution in [0.15, 0.2) is 29.6 Å². The fraction of sp³-hybridized carbons (Fsp3) is 0.300. The smallest absolute Gasteiger partial charge is 0.427 e. The largest absolute Gasteiger partial charge is 0.449 e. The molecule has 1 aromatic rings. The van der Waals surface area contributed by atoms with Gasteiger partial charge in [-0.15, -0.1) is 0 Å². The summed E-state index contributed by atoms with van der Waals surface area (Å²) in [6, 6.07) is 3.62. The Morgan fingerprint density at radius 1 is 1.53 bits per heavy atom. The number of hydrogen-bond donors (Lipinski definition) is 1. The zero-order valence-corrected chi connectivity index (χ0v) is 8.73. The van der Waals surface area contributed by atoms with Crippen molar-refractivity contribution in [3.05, 3.63) is 30.1 Å². The van der Waals surface area contributed by atoms with Gasteiger partial charge in [-0.1, -0.05) is 0 Å². The molecule has 0 unspecified atom stereocenters. The van der Waals surface area contributed by atoms with E-state index in [2.05, 4.69) is 20.2 Å². The zero-order chi connectivity index (χ0) is 11.1. The second kappa shape index (κ2) is 5.74. The van der Waals surface area contributed by atoms with Crippen molar-refractivity contribution < 1.29 is 9.53 Å².